The van der Waals surface area contributed by atoms with Gasteiger partial charge in [0.25, 0.3) is 0 Å². The van der Waals surface area contributed by atoms with E-state index in [-0.39, 0.29) is 109 Å². The van der Waals surface area contributed by atoms with Crippen molar-refractivity contribution in [3.63, 3.8) is 0 Å². The van der Waals surface area contributed by atoms with Crippen LogP contribution >= 0.6 is 0 Å². The number of halogens is 8. The fraction of sp³-hybridized carbons (Fsp3) is 0.670. The largest absolute Gasteiger partial charge is 0.368 e. The van der Waals surface area contributed by atoms with Crippen molar-refractivity contribution in [2.45, 2.75) is 318 Å². The first kappa shape index (κ1) is 98.6. The van der Waals surface area contributed by atoms with Crippen LogP contribution in [-0.2, 0) is 54.4 Å². The number of rotatable bonds is 24. The van der Waals surface area contributed by atoms with Gasteiger partial charge in [-0.2, -0.15) is 0 Å². The van der Waals surface area contributed by atoms with Gasteiger partial charge in [-0.3, -0.25) is 24.0 Å². The van der Waals surface area contributed by atoms with Crippen molar-refractivity contribution in [1.82, 2.24) is 26.6 Å². The third-order valence-electron chi connectivity index (χ3n) is 17.0. The number of aryl methyl sites for hydroxylation is 4. The van der Waals surface area contributed by atoms with E-state index in [1.54, 1.807) is 0 Å². The molecule has 1 aliphatic rings. The summed E-state index contributed by atoms with van der Waals surface area (Å²) in [5.74, 6) is -4.03. The van der Waals surface area contributed by atoms with Crippen molar-refractivity contribution in [2.24, 2.45) is 57.2 Å². The van der Waals surface area contributed by atoms with E-state index in [0.29, 0.717) is 92.1 Å². The molecule has 5 rings (SSSR count). The number of benzene rings is 4. The maximum Gasteiger partial charge on any atom is 0.249 e. The average molecular weight is 1520 g/mol. The van der Waals surface area contributed by atoms with Crippen LogP contribution in [0.4, 0.5) is 35.1 Å². The third kappa shape index (κ3) is 46.7. The Bertz CT molecular complexity index is 3240. The molecular formula is C88H139F8N5O6. The van der Waals surface area contributed by atoms with Crippen LogP contribution in [0.3, 0.4) is 0 Å². The van der Waals surface area contributed by atoms with Gasteiger partial charge >= 0.3 is 0 Å². The van der Waals surface area contributed by atoms with Gasteiger partial charge in [-0.15, -0.1) is 0 Å². The van der Waals surface area contributed by atoms with Gasteiger partial charge in [-0.25, -0.2) is 35.1 Å². The van der Waals surface area contributed by atoms with Gasteiger partial charge in [0.1, 0.15) is 52.6 Å². The number of ether oxygens (including phenoxy) is 1. The Balaban J connectivity index is 0.000000671. The Morgan fingerprint density at radius 3 is 0.850 bits per heavy atom. The molecule has 4 aromatic carbocycles. The molecule has 5 amide bonds. The average Bonchev–Trinajstić information content (AvgIpc) is 1.82. The highest BCUT2D eigenvalue weighted by molar-refractivity contribution is 5.82. The summed E-state index contributed by atoms with van der Waals surface area (Å²) in [6.45, 7) is 58.9. The fourth-order valence-electron chi connectivity index (χ4n) is 12.1. The zero-order chi connectivity index (χ0) is 83.0. The second kappa shape index (κ2) is 42.2. The molecule has 608 valence electrons. The SMILES string of the molecule is CC(C)(C)CC(CCc1cc(F)cc(F)c1)C(=O)NC(C)(C)C.CC(C)(C)NC(=O)C(CCc1cc(F)cc(F)c1)C(C)(C)C.CC(C)(C)NC(=O)C(CCc1cc(F)cc(F)c1)C(C)(C)C.CC1CC1CC(CCc1cc(F)cc(F)c1)C(=O)NC(C)(C)C.CCCOC(CC(C)(C)C)C(=O)NC(C)(C)C. The van der Waals surface area contributed by atoms with E-state index in [0.717, 1.165) is 49.9 Å². The van der Waals surface area contributed by atoms with E-state index in [9.17, 15) is 59.1 Å². The summed E-state index contributed by atoms with van der Waals surface area (Å²) in [6.07, 6.45) is 8.32. The summed E-state index contributed by atoms with van der Waals surface area (Å²) in [5.41, 5.74) is 0.645. The van der Waals surface area contributed by atoms with Gasteiger partial charge < -0.3 is 31.3 Å². The number of carbonyl (C=O) groups excluding carboxylic acids is 5. The molecule has 19 heteroatoms. The smallest absolute Gasteiger partial charge is 0.249 e. The minimum Gasteiger partial charge on any atom is -0.368 e. The fourth-order valence-corrected chi connectivity index (χ4v) is 12.1. The predicted molar refractivity (Wildman–Crippen MR) is 421 cm³/mol. The molecule has 1 aliphatic carbocycles. The molecule has 0 aromatic heterocycles. The third-order valence-corrected chi connectivity index (χ3v) is 17.0. The van der Waals surface area contributed by atoms with Gasteiger partial charge in [0.2, 0.25) is 29.5 Å². The molecule has 0 saturated heterocycles. The minimum absolute atomic E-state index is 0.000810. The molecule has 5 N–H and O–H groups in total. The Kier molecular flexibility index (Phi) is 38.9. The van der Waals surface area contributed by atoms with Gasteiger partial charge in [-0.05, 0) is 292 Å². The summed E-state index contributed by atoms with van der Waals surface area (Å²) >= 11 is 0. The normalized spacial score (nSPS) is 15.6. The molecule has 0 radical (unpaired) electrons. The van der Waals surface area contributed by atoms with Gasteiger partial charge in [-0.1, -0.05) is 96.9 Å². The number of carbonyl (C=O) groups is 5. The zero-order valence-corrected chi connectivity index (χ0v) is 70.8. The predicted octanol–water partition coefficient (Wildman–Crippen LogP) is 21.4. The lowest BCUT2D eigenvalue weighted by molar-refractivity contribution is -0.136. The van der Waals surface area contributed by atoms with Gasteiger partial charge in [0.15, 0.2) is 0 Å². The Hall–Kier alpha value is -6.37. The molecule has 0 spiro atoms. The molecule has 11 nitrogen and oxygen atoms in total. The van der Waals surface area contributed by atoms with Gasteiger partial charge in [0.05, 0.1) is 0 Å². The quantitative estimate of drug-likeness (QED) is 0.0440. The first-order valence-electron chi connectivity index (χ1n) is 38.3. The maximum absolute atomic E-state index is 13.3. The molecule has 0 bridgehead atoms. The Morgan fingerprint density at radius 1 is 0.364 bits per heavy atom. The summed E-state index contributed by atoms with van der Waals surface area (Å²) in [7, 11) is 0. The van der Waals surface area contributed by atoms with Crippen molar-refractivity contribution >= 4 is 29.5 Å². The maximum atomic E-state index is 13.3. The highest BCUT2D eigenvalue weighted by Gasteiger charge is 2.38. The number of amides is 5. The van der Waals surface area contributed by atoms with Gasteiger partial charge in [0, 0.05) is 82.2 Å². The van der Waals surface area contributed by atoms with Crippen LogP contribution in [0.5, 0.6) is 0 Å². The standard InChI is InChI=1S/C19H27F2NO.C19H29F2NO.2C18H27F2NO.C14H29NO2/c1-12-7-15(12)10-14(18(23)22-19(2,3)4)6-5-13-8-16(20)11-17(21)9-13;1-18(2,3)12-14(17(23)22-19(4,5)6)8-7-13-9-15(20)11-16(21)10-13;2*1-17(2,3)15(16(22)21-18(4,5)6)8-7-12-9-13(19)11-14(20)10-12;1-8-9-17-11(10-13(2,3)4)12(16)15-14(5,6)7/h8-9,11-12,14-15H,5-7,10H2,1-4H3,(H,22,23);9-11,14H,7-8,12H2,1-6H3,(H,22,23);2*9-11,15H,7-8H2,1-6H3,(H,21,22);11H,8-10H2,1-7H3,(H,15,16). The summed E-state index contributed by atoms with van der Waals surface area (Å²) < 4.78 is 112. The van der Waals surface area contributed by atoms with E-state index in [4.69, 9.17) is 4.74 Å². The second-order valence-electron chi connectivity index (χ2n) is 39.3. The van der Waals surface area contributed by atoms with E-state index >= 15 is 0 Å². The zero-order valence-electron chi connectivity index (χ0n) is 70.8. The van der Waals surface area contributed by atoms with Crippen LogP contribution in [-0.4, -0.2) is 69.9 Å². The van der Waals surface area contributed by atoms with Crippen LogP contribution < -0.4 is 26.6 Å². The minimum atomic E-state index is -0.582. The summed E-state index contributed by atoms with van der Waals surface area (Å²) in [6, 6.07) is 14.1. The van der Waals surface area contributed by atoms with Crippen LogP contribution in [0.15, 0.2) is 72.8 Å². The van der Waals surface area contributed by atoms with Crippen LogP contribution in [0.1, 0.15) is 281 Å². The summed E-state index contributed by atoms with van der Waals surface area (Å²) in [5, 5.41) is 15.0. The Morgan fingerprint density at radius 2 is 0.607 bits per heavy atom. The molecule has 0 aliphatic heterocycles. The lowest BCUT2D eigenvalue weighted by Gasteiger charge is -2.33. The lowest BCUT2D eigenvalue weighted by Crippen LogP contribution is -2.47. The summed E-state index contributed by atoms with van der Waals surface area (Å²) in [4.78, 5) is 62.2. The van der Waals surface area contributed by atoms with E-state index in [1.165, 1.54) is 55.0 Å². The van der Waals surface area contributed by atoms with Crippen LogP contribution in [0.25, 0.3) is 0 Å². The van der Waals surface area contributed by atoms with Crippen molar-refractivity contribution in [3.8, 4) is 0 Å². The number of hydrogen-bond donors (Lipinski definition) is 5. The Labute approximate surface area is 640 Å². The first-order chi connectivity index (χ1) is 48.3. The number of nitrogens with one attached hydrogen (secondary N) is 5. The lowest BCUT2D eigenvalue weighted by atomic mass is 9.76. The highest BCUT2D eigenvalue weighted by Crippen LogP contribution is 2.43. The van der Waals surface area contributed by atoms with Crippen molar-refractivity contribution in [2.75, 3.05) is 6.61 Å². The van der Waals surface area contributed by atoms with E-state index < -0.39 is 46.5 Å². The molecule has 1 saturated carbocycles. The molecule has 7 atom stereocenters. The van der Waals surface area contributed by atoms with Crippen molar-refractivity contribution in [1.29, 1.82) is 0 Å². The first-order valence-corrected chi connectivity index (χ1v) is 38.3. The van der Waals surface area contributed by atoms with E-state index in [1.807, 2.05) is 145 Å². The van der Waals surface area contributed by atoms with Crippen LogP contribution in [0, 0.1) is 104 Å². The monoisotopic (exact) mass is 1510 g/mol. The molecule has 1 fully saturated rings. The number of hydrogen-bond acceptors (Lipinski definition) is 6. The molecular weight excluding hydrogens is 1370 g/mol. The highest BCUT2D eigenvalue weighted by atomic mass is 19.2. The second-order valence-corrected chi connectivity index (χ2v) is 39.3. The topological polar surface area (TPSA) is 155 Å². The van der Waals surface area contributed by atoms with Crippen molar-refractivity contribution < 1.29 is 63.8 Å². The molecule has 4 aromatic rings. The molecule has 107 heavy (non-hydrogen) atoms. The van der Waals surface area contributed by atoms with E-state index in [2.05, 4.69) is 82.0 Å². The van der Waals surface area contributed by atoms with Crippen molar-refractivity contribution in [3.05, 3.63) is 142 Å². The van der Waals surface area contributed by atoms with Crippen LogP contribution in [0.2, 0.25) is 0 Å². The molecule has 7 unspecified atom stereocenters. The molecule has 0 heterocycles.